The van der Waals surface area contributed by atoms with Crippen LogP contribution in [0.2, 0.25) is 0 Å². The van der Waals surface area contributed by atoms with Crippen LogP contribution >= 0.6 is 0 Å². The van der Waals surface area contributed by atoms with Gasteiger partial charge in [0.1, 0.15) is 5.60 Å². The lowest BCUT2D eigenvalue weighted by Crippen LogP contribution is -2.44. The van der Waals surface area contributed by atoms with Gasteiger partial charge in [0.2, 0.25) is 0 Å². The van der Waals surface area contributed by atoms with Crippen LogP contribution in [0.3, 0.4) is 0 Å². The lowest BCUT2D eigenvalue weighted by atomic mass is 10.00. The summed E-state index contributed by atoms with van der Waals surface area (Å²) in [7, 11) is 0. The third-order valence-electron chi connectivity index (χ3n) is 4.47. The van der Waals surface area contributed by atoms with Gasteiger partial charge in [0.05, 0.1) is 0 Å². The molecule has 25 heavy (non-hydrogen) atoms. The quantitative estimate of drug-likeness (QED) is 0.674. The normalized spacial score (nSPS) is 17.0. The third-order valence-corrected chi connectivity index (χ3v) is 4.47. The zero-order valence-electron chi connectivity index (χ0n) is 16.2. The van der Waals surface area contributed by atoms with E-state index in [4.69, 9.17) is 4.74 Å². The van der Waals surface area contributed by atoms with Gasteiger partial charge in [0.25, 0.3) is 0 Å². The number of benzene rings is 1. The van der Waals surface area contributed by atoms with Gasteiger partial charge < -0.3 is 15.4 Å². The highest BCUT2D eigenvalue weighted by atomic mass is 16.6. The van der Waals surface area contributed by atoms with Crippen molar-refractivity contribution >= 4 is 6.09 Å². The van der Waals surface area contributed by atoms with E-state index in [-0.39, 0.29) is 12.1 Å². The molecule has 0 bridgehead atoms. The summed E-state index contributed by atoms with van der Waals surface area (Å²) >= 11 is 0. The van der Waals surface area contributed by atoms with Gasteiger partial charge in [-0.05, 0) is 51.5 Å². The van der Waals surface area contributed by atoms with Gasteiger partial charge in [-0.15, -0.1) is 0 Å². The molecule has 0 radical (unpaired) electrons. The number of nitrogens with one attached hydrogen (secondary N) is 2. The van der Waals surface area contributed by atoms with Crippen molar-refractivity contribution in [2.24, 2.45) is 5.92 Å². The number of alkyl carbamates (subject to hydrolysis) is 1. The Bertz CT molecular complexity index is 520. The molecule has 1 fully saturated rings. The monoisotopic (exact) mass is 346 g/mol. The lowest BCUT2D eigenvalue weighted by Gasteiger charge is -2.27. The van der Waals surface area contributed by atoms with E-state index in [9.17, 15) is 4.79 Å². The van der Waals surface area contributed by atoms with E-state index < -0.39 is 5.60 Å². The minimum Gasteiger partial charge on any atom is -0.444 e. The second kappa shape index (κ2) is 9.23. The van der Waals surface area contributed by atoms with E-state index in [0.29, 0.717) is 18.5 Å². The van der Waals surface area contributed by atoms with Crippen LogP contribution in [0.5, 0.6) is 0 Å². The molecule has 0 aliphatic heterocycles. The molecule has 0 spiro atoms. The smallest absolute Gasteiger partial charge is 0.407 e. The largest absolute Gasteiger partial charge is 0.444 e. The van der Waals surface area contributed by atoms with Crippen molar-refractivity contribution in [1.82, 2.24) is 10.6 Å². The average Bonchev–Trinajstić information content (AvgIpc) is 3.38. The minimum atomic E-state index is -0.461. The molecule has 4 heteroatoms. The molecular formula is C21H34N2O2. The number of hydrogen-bond acceptors (Lipinski definition) is 3. The predicted molar refractivity (Wildman–Crippen MR) is 103 cm³/mol. The molecule has 1 aliphatic carbocycles. The molecule has 0 heterocycles. The van der Waals surface area contributed by atoms with Crippen molar-refractivity contribution in [3.05, 3.63) is 35.9 Å². The Morgan fingerprint density at radius 3 is 2.48 bits per heavy atom. The molecule has 2 rings (SSSR count). The van der Waals surface area contributed by atoms with Crippen molar-refractivity contribution in [1.29, 1.82) is 0 Å². The molecule has 1 saturated carbocycles. The molecular weight excluding hydrogens is 312 g/mol. The van der Waals surface area contributed by atoms with Crippen molar-refractivity contribution < 1.29 is 9.53 Å². The van der Waals surface area contributed by atoms with Gasteiger partial charge in [-0.1, -0.05) is 50.1 Å². The van der Waals surface area contributed by atoms with Gasteiger partial charge in [0, 0.05) is 18.6 Å². The van der Waals surface area contributed by atoms with E-state index in [2.05, 4.69) is 47.9 Å². The molecule has 1 aromatic rings. The molecule has 1 aliphatic rings. The molecule has 0 aromatic heterocycles. The summed E-state index contributed by atoms with van der Waals surface area (Å²) in [6.07, 6.45) is 5.60. The Kier molecular flexibility index (Phi) is 7.30. The SMILES string of the molecule is CCCCC(CNC(=O)OC(C)(C)C)NC(c1ccccc1)C1CC1. The van der Waals surface area contributed by atoms with E-state index >= 15 is 0 Å². The predicted octanol–water partition coefficient (Wildman–Crippen LogP) is 4.81. The van der Waals surface area contributed by atoms with Crippen LogP contribution in [0.4, 0.5) is 4.79 Å². The summed E-state index contributed by atoms with van der Waals surface area (Å²) in [6, 6.07) is 11.3. The molecule has 4 nitrogen and oxygen atoms in total. The van der Waals surface area contributed by atoms with E-state index in [0.717, 1.165) is 19.3 Å². The fourth-order valence-electron chi connectivity index (χ4n) is 3.06. The summed E-state index contributed by atoms with van der Waals surface area (Å²) in [6.45, 7) is 8.46. The second-order valence-electron chi connectivity index (χ2n) is 8.11. The first kappa shape index (κ1) is 19.8. The molecule has 2 unspecified atom stereocenters. The fraction of sp³-hybridized carbons (Fsp3) is 0.667. The highest BCUT2D eigenvalue weighted by Crippen LogP contribution is 2.41. The maximum atomic E-state index is 12.0. The number of rotatable bonds is 9. The summed E-state index contributed by atoms with van der Waals surface area (Å²) in [5.74, 6) is 0.716. The Hall–Kier alpha value is -1.55. The highest BCUT2D eigenvalue weighted by Gasteiger charge is 2.33. The van der Waals surface area contributed by atoms with Crippen LogP contribution < -0.4 is 10.6 Å². The first-order valence-electron chi connectivity index (χ1n) is 9.67. The minimum absolute atomic E-state index is 0.262. The number of amides is 1. The first-order valence-corrected chi connectivity index (χ1v) is 9.67. The summed E-state index contributed by atoms with van der Waals surface area (Å²) < 4.78 is 5.36. The standard InChI is InChI=1S/C21H34N2O2/c1-5-6-12-18(15-22-20(24)25-21(2,3)4)23-19(17-13-14-17)16-10-8-7-9-11-16/h7-11,17-19,23H,5-6,12-15H2,1-4H3,(H,22,24). The second-order valence-corrected chi connectivity index (χ2v) is 8.11. The average molecular weight is 347 g/mol. The Morgan fingerprint density at radius 2 is 1.92 bits per heavy atom. The van der Waals surface area contributed by atoms with Crippen LogP contribution in [0, 0.1) is 5.92 Å². The van der Waals surface area contributed by atoms with Gasteiger partial charge in [-0.3, -0.25) is 0 Å². The van der Waals surface area contributed by atoms with Crippen LogP contribution in [0.1, 0.15) is 71.4 Å². The van der Waals surface area contributed by atoms with E-state index in [1.807, 2.05) is 20.8 Å². The summed E-state index contributed by atoms with van der Waals surface area (Å²) in [5.41, 5.74) is 0.889. The van der Waals surface area contributed by atoms with Gasteiger partial charge in [-0.2, -0.15) is 0 Å². The number of ether oxygens (including phenoxy) is 1. The van der Waals surface area contributed by atoms with E-state index in [1.54, 1.807) is 0 Å². The topological polar surface area (TPSA) is 50.4 Å². The number of carbonyl (C=O) groups excluding carboxylic acids is 1. The van der Waals surface area contributed by atoms with Crippen LogP contribution in [-0.4, -0.2) is 24.3 Å². The zero-order valence-corrected chi connectivity index (χ0v) is 16.2. The maximum Gasteiger partial charge on any atom is 0.407 e. The first-order chi connectivity index (χ1) is 11.9. The molecule has 1 aromatic carbocycles. The molecule has 2 atom stereocenters. The summed E-state index contributed by atoms with van der Waals surface area (Å²) in [4.78, 5) is 12.0. The number of carbonyl (C=O) groups is 1. The van der Waals surface area contributed by atoms with Crippen LogP contribution in [-0.2, 0) is 4.74 Å². The highest BCUT2D eigenvalue weighted by molar-refractivity contribution is 5.67. The Morgan fingerprint density at radius 1 is 1.24 bits per heavy atom. The van der Waals surface area contributed by atoms with Crippen LogP contribution in [0.25, 0.3) is 0 Å². The Balaban J connectivity index is 1.94. The van der Waals surface area contributed by atoms with Crippen molar-refractivity contribution in [3.63, 3.8) is 0 Å². The van der Waals surface area contributed by atoms with Crippen molar-refractivity contribution in [3.8, 4) is 0 Å². The Labute approximate surface area is 152 Å². The molecule has 0 saturated heterocycles. The number of unbranched alkanes of at least 4 members (excludes halogenated alkanes) is 1. The number of hydrogen-bond donors (Lipinski definition) is 2. The van der Waals surface area contributed by atoms with Gasteiger partial charge in [0.15, 0.2) is 0 Å². The summed E-state index contributed by atoms with van der Waals surface area (Å²) in [5, 5.41) is 6.76. The maximum absolute atomic E-state index is 12.0. The van der Waals surface area contributed by atoms with Gasteiger partial charge >= 0.3 is 6.09 Å². The molecule has 1 amide bonds. The lowest BCUT2D eigenvalue weighted by molar-refractivity contribution is 0.0520. The van der Waals surface area contributed by atoms with Crippen LogP contribution in [0.15, 0.2) is 30.3 Å². The molecule has 140 valence electrons. The third kappa shape index (κ3) is 7.47. The van der Waals surface area contributed by atoms with E-state index in [1.165, 1.54) is 18.4 Å². The van der Waals surface area contributed by atoms with Crippen molar-refractivity contribution in [2.45, 2.75) is 77.5 Å². The van der Waals surface area contributed by atoms with Crippen molar-refractivity contribution in [2.75, 3.05) is 6.54 Å². The molecule has 2 N–H and O–H groups in total. The fourth-order valence-corrected chi connectivity index (χ4v) is 3.06. The van der Waals surface area contributed by atoms with Gasteiger partial charge in [-0.25, -0.2) is 4.79 Å². The zero-order chi connectivity index (χ0) is 18.3.